The van der Waals surface area contributed by atoms with Crippen LogP contribution in [0.4, 0.5) is 11.4 Å². The summed E-state index contributed by atoms with van der Waals surface area (Å²) in [5.41, 5.74) is 18.6. The van der Waals surface area contributed by atoms with Crippen LogP contribution in [0.25, 0.3) is 60.9 Å². The summed E-state index contributed by atoms with van der Waals surface area (Å²) in [4.78, 5) is 2.32. The third kappa shape index (κ3) is 3.89. The molecule has 9 aromatic rings. The second-order valence-corrected chi connectivity index (χ2v) is 14.1. The average Bonchev–Trinajstić information content (AvgIpc) is 3.82. The highest BCUT2D eigenvalue weighted by molar-refractivity contribution is 6.09. The van der Waals surface area contributed by atoms with Crippen LogP contribution in [0.1, 0.15) is 22.3 Å². The Bertz CT molecular complexity index is 2760. The summed E-state index contributed by atoms with van der Waals surface area (Å²) in [7, 11) is 2.19. The zero-order valence-corrected chi connectivity index (χ0v) is 28.8. The molecule has 0 aliphatic heterocycles. The molecule has 11 rings (SSSR count). The van der Waals surface area contributed by atoms with E-state index in [1.54, 1.807) is 0 Å². The number of benzene rings is 8. The van der Waals surface area contributed by atoms with Crippen molar-refractivity contribution in [1.29, 1.82) is 0 Å². The van der Waals surface area contributed by atoms with Crippen molar-refractivity contribution in [2.45, 2.75) is 5.41 Å². The van der Waals surface area contributed by atoms with Gasteiger partial charge >= 0.3 is 0 Å². The van der Waals surface area contributed by atoms with Crippen LogP contribution < -0.4 is 4.90 Å². The lowest BCUT2D eigenvalue weighted by molar-refractivity contribution is 0.792. The van der Waals surface area contributed by atoms with Crippen LogP contribution in [0.2, 0.25) is 0 Å². The van der Waals surface area contributed by atoms with Gasteiger partial charge in [0.1, 0.15) is 0 Å². The van der Waals surface area contributed by atoms with Crippen LogP contribution in [-0.2, 0) is 5.41 Å². The lowest BCUT2D eigenvalue weighted by Gasteiger charge is -2.31. The first-order valence-electron chi connectivity index (χ1n) is 18.1. The number of hydrogen-bond acceptors (Lipinski definition) is 1. The molecule has 0 amide bonds. The fourth-order valence-corrected chi connectivity index (χ4v) is 9.32. The van der Waals surface area contributed by atoms with Gasteiger partial charge in [-0.05, 0) is 104 Å². The molecule has 8 aromatic carbocycles. The maximum absolute atomic E-state index is 2.48. The molecule has 1 spiro atoms. The van der Waals surface area contributed by atoms with Gasteiger partial charge in [0.2, 0.25) is 0 Å². The molecule has 0 saturated carbocycles. The molecule has 0 N–H and O–H groups in total. The number of anilines is 2. The first-order valence-corrected chi connectivity index (χ1v) is 18.1. The Morgan fingerprint density at radius 1 is 0.385 bits per heavy atom. The maximum atomic E-state index is 2.48. The Labute approximate surface area is 303 Å². The minimum Gasteiger partial charge on any atom is -0.345 e. The predicted octanol–water partition coefficient (Wildman–Crippen LogP) is 12.6. The first-order chi connectivity index (χ1) is 25.7. The molecule has 244 valence electrons. The highest BCUT2D eigenvalue weighted by Crippen LogP contribution is 2.63. The molecule has 2 nitrogen and oxygen atoms in total. The summed E-state index contributed by atoms with van der Waals surface area (Å²) in [5, 5.41) is 2.55. The van der Waals surface area contributed by atoms with E-state index >= 15 is 0 Å². The Hall–Kier alpha value is -6.64. The van der Waals surface area contributed by atoms with Gasteiger partial charge in [0, 0.05) is 34.9 Å². The van der Waals surface area contributed by atoms with E-state index < -0.39 is 5.41 Å². The van der Waals surface area contributed by atoms with Crippen molar-refractivity contribution < 1.29 is 0 Å². The fraction of sp³-hybridized carbons (Fsp3) is 0.0400. The zero-order chi connectivity index (χ0) is 34.4. The van der Waals surface area contributed by atoms with Crippen LogP contribution >= 0.6 is 0 Å². The number of nitrogens with zero attached hydrogens (tertiary/aromatic N) is 2. The minimum absolute atomic E-state index is 0.458. The molecule has 0 saturated heterocycles. The smallest absolute Gasteiger partial charge is 0.0727 e. The van der Waals surface area contributed by atoms with Crippen LogP contribution in [-0.4, -0.2) is 11.6 Å². The van der Waals surface area contributed by atoms with Crippen molar-refractivity contribution in [2.24, 2.45) is 0 Å². The summed E-state index contributed by atoms with van der Waals surface area (Å²) in [6, 6.07) is 69.5. The summed E-state index contributed by atoms with van der Waals surface area (Å²) in [6.07, 6.45) is 0. The minimum atomic E-state index is -0.458. The summed E-state index contributed by atoms with van der Waals surface area (Å²) < 4.78 is 2.45. The monoisotopic (exact) mass is 662 g/mol. The third-order valence-electron chi connectivity index (χ3n) is 11.6. The van der Waals surface area contributed by atoms with E-state index in [-0.39, 0.29) is 0 Å². The second kappa shape index (κ2) is 10.9. The van der Waals surface area contributed by atoms with Gasteiger partial charge < -0.3 is 9.47 Å². The number of para-hydroxylation sites is 2. The molecule has 52 heavy (non-hydrogen) atoms. The molecule has 2 aliphatic rings. The van der Waals surface area contributed by atoms with Gasteiger partial charge in [-0.25, -0.2) is 0 Å². The Balaban J connectivity index is 1.14. The average molecular weight is 663 g/mol. The Morgan fingerprint density at radius 2 is 0.865 bits per heavy atom. The highest BCUT2D eigenvalue weighted by Gasteiger charge is 2.52. The Morgan fingerprint density at radius 3 is 1.52 bits per heavy atom. The van der Waals surface area contributed by atoms with Gasteiger partial charge in [0.25, 0.3) is 0 Å². The maximum Gasteiger partial charge on any atom is 0.0727 e. The van der Waals surface area contributed by atoms with E-state index in [1.807, 2.05) is 0 Å². The number of hydrogen-bond donors (Lipinski definition) is 0. The molecule has 0 radical (unpaired) electrons. The predicted molar refractivity (Wildman–Crippen MR) is 217 cm³/mol. The lowest BCUT2D eigenvalue weighted by Crippen LogP contribution is -2.26. The summed E-state index contributed by atoms with van der Waals surface area (Å²) in [5.74, 6) is 0. The van der Waals surface area contributed by atoms with Crippen molar-refractivity contribution in [3.05, 3.63) is 210 Å². The van der Waals surface area contributed by atoms with E-state index in [1.165, 1.54) is 88.8 Å². The molecular formula is C50H34N2. The number of rotatable bonds is 4. The molecule has 0 bridgehead atoms. The third-order valence-corrected chi connectivity index (χ3v) is 11.6. The van der Waals surface area contributed by atoms with Crippen LogP contribution in [0.5, 0.6) is 0 Å². The van der Waals surface area contributed by atoms with Crippen LogP contribution in [0, 0.1) is 0 Å². The van der Waals surface area contributed by atoms with Gasteiger partial charge in [-0.3, -0.25) is 0 Å². The van der Waals surface area contributed by atoms with Crippen molar-refractivity contribution in [3.8, 4) is 39.1 Å². The molecule has 2 aliphatic carbocycles. The van der Waals surface area contributed by atoms with Crippen molar-refractivity contribution >= 4 is 33.2 Å². The van der Waals surface area contributed by atoms with Crippen molar-refractivity contribution in [3.63, 3.8) is 0 Å². The molecule has 0 atom stereocenters. The summed E-state index contributed by atoms with van der Waals surface area (Å²) in [6.45, 7) is 0. The topological polar surface area (TPSA) is 8.17 Å². The highest BCUT2D eigenvalue weighted by atomic mass is 15.1. The molecule has 0 unspecified atom stereocenters. The normalized spacial score (nSPS) is 13.2. The molecule has 0 fully saturated rings. The van der Waals surface area contributed by atoms with Gasteiger partial charge in [-0.1, -0.05) is 140 Å². The van der Waals surface area contributed by atoms with Crippen LogP contribution in [0.3, 0.4) is 0 Å². The quantitative estimate of drug-likeness (QED) is 0.182. The van der Waals surface area contributed by atoms with E-state index in [4.69, 9.17) is 0 Å². The zero-order valence-electron chi connectivity index (χ0n) is 28.8. The molecular weight excluding hydrogens is 629 g/mol. The number of fused-ring (bicyclic) bond motifs is 13. The summed E-state index contributed by atoms with van der Waals surface area (Å²) >= 11 is 0. The van der Waals surface area contributed by atoms with Crippen molar-refractivity contribution in [2.75, 3.05) is 11.9 Å². The van der Waals surface area contributed by atoms with E-state index in [9.17, 15) is 0 Å². The molecule has 1 heterocycles. The van der Waals surface area contributed by atoms with Gasteiger partial charge in [-0.15, -0.1) is 0 Å². The van der Waals surface area contributed by atoms with Crippen molar-refractivity contribution in [1.82, 2.24) is 4.57 Å². The Kier molecular flexibility index (Phi) is 6.12. The van der Waals surface area contributed by atoms with E-state index in [0.29, 0.717) is 0 Å². The van der Waals surface area contributed by atoms with Crippen LogP contribution in [0.15, 0.2) is 188 Å². The van der Waals surface area contributed by atoms with Gasteiger partial charge in [-0.2, -0.15) is 0 Å². The number of aromatic nitrogens is 1. The molecule has 1 aromatic heterocycles. The standard InChI is InChI=1S/C50H34N2/c1-51(35-25-23-34(24-26-35)33-13-3-2-4-14-33)36-27-29-40-41-30-28-37(52-48-21-11-7-17-42(48)43-18-8-12-22-49(43)52)32-47(41)50(46(40)31-36)44-19-9-5-15-38(44)39-16-6-10-20-45(39)50/h2-32H,1H3. The lowest BCUT2D eigenvalue weighted by atomic mass is 9.70. The van der Waals surface area contributed by atoms with Gasteiger partial charge in [0.05, 0.1) is 16.4 Å². The molecule has 2 heteroatoms. The second-order valence-electron chi connectivity index (χ2n) is 14.1. The first kappa shape index (κ1) is 29.1. The largest absolute Gasteiger partial charge is 0.345 e. The van der Waals surface area contributed by atoms with Gasteiger partial charge in [0.15, 0.2) is 0 Å². The van der Waals surface area contributed by atoms with E-state index in [2.05, 4.69) is 205 Å². The fourth-order valence-electron chi connectivity index (χ4n) is 9.32. The SMILES string of the molecule is CN(c1ccc(-c2ccccc2)cc1)c1ccc2c(c1)C1(c3ccccc3-c3ccccc31)c1cc(-n3c4ccccc4c4ccccc43)ccc1-2. The van der Waals surface area contributed by atoms with E-state index in [0.717, 1.165) is 5.69 Å².